The van der Waals surface area contributed by atoms with Crippen LogP contribution in [0.1, 0.15) is 5.56 Å². The van der Waals surface area contributed by atoms with E-state index in [1.165, 1.54) is 12.1 Å². The summed E-state index contributed by atoms with van der Waals surface area (Å²) >= 11 is 9.38. The summed E-state index contributed by atoms with van der Waals surface area (Å²) in [6.45, 7) is 1.61. The second-order valence-corrected chi connectivity index (χ2v) is 5.67. The van der Waals surface area contributed by atoms with E-state index in [-0.39, 0.29) is 5.82 Å². The molecule has 7 heteroatoms. The van der Waals surface area contributed by atoms with Crippen molar-refractivity contribution < 1.29 is 9.13 Å². The van der Waals surface area contributed by atoms with Gasteiger partial charge in [-0.3, -0.25) is 0 Å². The van der Waals surface area contributed by atoms with Gasteiger partial charge < -0.3 is 9.64 Å². The maximum Gasteiger partial charge on any atom is 0.225 e. The molecule has 0 N–H and O–H groups in total. The van der Waals surface area contributed by atoms with E-state index in [0.717, 1.165) is 10.0 Å². The van der Waals surface area contributed by atoms with Crippen LogP contribution in [0.3, 0.4) is 0 Å². The molecule has 4 nitrogen and oxygen atoms in total. The third-order valence-corrected chi connectivity index (χ3v) is 3.59. The molecule has 0 bridgehead atoms. The lowest BCUT2D eigenvalue weighted by molar-refractivity contribution is 0.204. The lowest BCUT2D eigenvalue weighted by Gasteiger charge is -2.22. The highest BCUT2D eigenvalue weighted by Crippen LogP contribution is 2.21. The maximum absolute atomic E-state index is 13.1. The van der Waals surface area contributed by atoms with Gasteiger partial charge in [0.15, 0.2) is 0 Å². The Balaban J connectivity index is 2.21. The Kier molecular flexibility index (Phi) is 5.90. The average Bonchev–Trinajstić information content (AvgIpc) is 2.46. The SMILES string of the molecule is COCCN(Cc1ccc(F)cc1Cl)c1ncc(Br)cn1. The summed E-state index contributed by atoms with van der Waals surface area (Å²) in [7, 11) is 1.63. The van der Waals surface area contributed by atoms with Gasteiger partial charge in [-0.2, -0.15) is 0 Å². The topological polar surface area (TPSA) is 38.2 Å². The lowest BCUT2D eigenvalue weighted by Crippen LogP contribution is -2.28. The fourth-order valence-corrected chi connectivity index (χ4v) is 2.21. The van der Waals surface area contributed by atoms with Crippen LogP contribution >= 0.6 is 27.5 Å². The molecule has 0 unspecified atom stereocenters. The van der Waals surface area contributed by atoms with E-state index in [1.54, 1.807) is 25.6 Å². The van der Waals surface area contributed by atoms with Crippen molar-refractivity contribution in [3.05, 3.63) is 51.5 Å². The second-order valence-electron chi connectivity index (χ2n) is 4.35. The molecule has 1 aromatic carbocycles. The molecule has 0 saturated heterocycles. The second kappa shape index (κ2) is 7.68. The molecule has 1 aromatic heterocycles. The van der Waals surface area contributed by atoms with Gasteiger partial charge in [-0.1, -0.05) is 17.7 Å². The number of nitrogens with zero attached hydrogens (tertiary/aromatic N) is 3. The Hall–Kier alpha value is -1.24. The van der Waals surface area contributed by atoms with Crippen LogP contribution in [0.15, 0.2) is 35.1 Å². The summed E-state index contributed by atoms with van der Waals surface area (Å²) in [5.74, 6) is 0.211. The van der Waals surface area contributed by atoms with E-state index < -0.39 is 0 Å². The van der Waals surface area contributed by atoms with E-state index in [4.69, 9.17) is 16.3 Å². The number of benzene rings is 1. The third kappa shape index (κ3) is 4.62. The normalized spacial score (nSPS) is 10.7. The van der Waals surface area contributed by atoms with Gasteiger partial charge in [-0.15, -0.1) is 0 Å². The largest absolute Gasteiger partial charge is 0.383 e. The van der Waals surface area contributed by atoms with Crippen LogP contribution in [0.4, 0.5) is 10.3 Å². The van der Waals surface area contributed by atoms with Crippen LogP contribution in [-0.2, 0) is 11.3 Å². The number of aromatic nitrogens is 2. The number of methoxy groups -OCH3 is 1. The summed E-state index contributed by atoms with van der Waals surface area (Å²) in [6.07, 6.45) is 3.35. The summed E-state index contributed by atoms with van der Waals surface area (Å²) < 4.78 is 19.0. The first-order valence-corrected chi connectivity index (χ1v) is 7.42. The summed E-state index contributed by atoms with van der Waals surface area (Å²) in [5, 5.41) is 0.384. The number of hydrogen-bond acceptors (Lipinski definition) is 4. The van der Waals surface area contributed by atoms with E-state index in [9.17, 15) is 4.39 Å². The molecular formula is C14H14BrClFN3O. The van der Waals surface area contributed by atoms with Crippen LogP contribution < -0.4 is 4.90 Å². The van der Waals surface area contributed by atoms with Crippen LogP contribution in [-0.4, -0.2) is 30.2 Å². The summed E-state index contributed by atoms with van der Waals surface area (Å²) in [6, 6.07) is 4.35. The predicted octanol–water partition coefficient (Wildman–Crippen LogP) is 3.68. The van der Waals surface area contributed by atoms with Crippen LogP contribution in [0.2, 0.25) is 5.02 Å². The third-order valence-electron chi connectivity index (χ3n) is 2.83. The molecule has 112 valence electrons. The van der Waals surface area contributed by atoms with Crippen molar-refractivity contribution in [2.24, 2.45) is 0 Å². The fourth-order valence-electron chi connectivity index (χ4n) is 1.78. The van der Waals surface area contributed by atoms with Crippen molar-refractivity contribution >= 4 is 33.5 Å². The molecule has 1 heterocycles. The summed E-state index contributed by atoms with van der Waals surface area (Å²) in [4.78, 5) is 10.5. The van der Waals surface area contributed by atoms with Gasteiger partial charge in [0.05, 0.1) is 11.1 Å². The van der Waals surface area contributed by atoms with Gasteiger partial charge in [0.1, 0.15) is 5.82 Å². The Morgan fingerprint density at radius 2 is 2.05 bits per heavy atom. The summed E-state index contributed by atoms with van der Waals surface area (Å²) in [5.41, 5.74) is 0.806. The highest BCUT2D eigenvalue weighted by Gasteiger charge is 2.12. The molecular weight excluding hydrogens is 361 g/mol. The van der Waals surface area contributed by atoms with Gasteiger partial charge in [0.2, 0.25) is 5.95 Å². The van der Waals surface area contributed by atoms with Crippen molar-refractivity contribution in [2.75, 3.05) is 25.2 Å². The van der Waals surface area contributed by atoms with E-state index >= 15 is 0 Å². The number of halogens is 3. The lowest BCUT2D eigenvalue weighted by atomic mass is 10.2. The first-order valence-electron chi connectivity index (χ1n) is 6.25. The first-order chi connectivity index (χ1) is 10.1. The number of hydrogen-bond donors (Lipinski definition) is 0. The molecule has 0 radical (unpaired) electrons. The number of rotatable bonds is 6. The van der Waals surface area contributed by atoms with E-state index in [1.807, 2.05) is 4.90 Å². The van der Waals surface area contributed by atoms with E-state index in [0.29, 0.717) is 30.7 Å². The van der Waals surface area contributed by atoms with Gasteiger partial charge in [0, 0.05) is 37.6 Å². The minimum absolute atomic E-state index is 0.355. The first kappa shape index (κ1) is 16.1. The molecule has 0 fully saturated rings. The molecule has 21 heavy (non-hydrogen) atoms. The quantitative estimate of drug-likeness (QED) is 0.773. The standard InChI is InChI=1S/C14H14BrClFN3O/c1-21-5-4-20(14-18-7-11(15)8-19-14)9-10-2-3-12(17)6-13(10)16/h2-3,6-8H,4-5,9H2,1H3. The molecule has 0 amide bonds. The molecule has 0 aliphatic carbocycles. The predicted molar refractivity (Wildman–Crippen MR) is 84.1 cm³/mol. The number of anilines is 1. The number of ether oxygens (including phenoxy) is 1. The van der Waals surface area contributed by atoms with Crippen molar-refractivity contribution in [1.82, 2.24) is 9.97 Å². The van der Waals surface area contributed by atoms with Crippen molar-refractivity contribution in [3.63, 3.8) is 0 Å². The Morgan fingerprint density at radius 1 is 1.33 bits per heavy atom. The molecule has 0 aliphatic rings. The average molecular weight is 375 g/mol. The van der Waals surface area contributed by atoms with E-state index in [2.05, 4.69) is 25.9 Å². The monoisotopic (exact) mass is 373 g/mol. The van der Waals surface area contributed by atoms with Gasteiger partial charge in [0.25, 0.3) is 0 Å². The smallest absolute Gasteiger partial charge is 0.225 e. The highest BCUT2D eigenvalue weighted by molar-refractivity contribution is 9.10. The molecule has 2 aromatic rings. The minimum Gasteiger partial charge on any atom is -0.383 e. The zero-order chi connectivity index (χ0) is 15.2. The minimum atomic E-state index is -0.355. The molecule has 2 rings (SSSR count). The van der Waals surface area contributed by atoms with Crippen molar-refractivity contribution in [3.8, 4) is 0 Å². The van der Waals surface area contributed by atoms with Crippen LogP contribution in [0, 0.1) is 5.82 Å². The van der Waals surface area contributed by atoms with Gasteiger partial charge >= 0.3 is 0 Å². The molecule has 0 aliphatic heterocycles. The highest BCUT2D eigenvalue weighted by atomic mass is 79.9. The maximum atomic E-state index is 13.1. The molecule has 0 spiro atoms. The molecule has 0 atom stereocenters. The zero-order valence-electron chi connectivity index (χ0n) is 11.4. The zero-order valence-corrected chi connectivity index (χ0v) is 13.7. The molecule has 0 saturated carbocycles. The van der Waals surface area contributed by atoms with Crippen molar-refractivity contribution in [1.29, 1.82) is 0 Å². The van der Waals surface area contributed by atoms with Gasteiger partial charge in [-0.25, -0.2) is 14.4 Å². The Bertz CT molecular complexity index is 597. The fraction of sp³-hybridized carbons (Fsp3) is 0.286. The van der Waals surface area contributed by atoms with Crippen LogP contribution in [0.5, 0.6) is 0 Å². The Morgan fingerprint density at radius 3 is 2.67 bits per heavy atom. The van der Waals surface area contributed by atoms with Gasteiger partial charge in [-0.05, 0) is 33.6 Å². The van der Waals surface area contributed by atoms with Crippen molar-refractivity contribution in [2.45, 2.75) is 6.54 Å². The Labute approximate surface area is 136 Å². The van der Waals surface area contributed by atoms with Crippen LogP contribution in [0.25, 0.3) is 0 Å².